The Morgan fingerprint density at radius 2 is 1.95 bits per heavy atom. The fourth-order valence-corrected chi connectivity index (χ4v) is 3.27. The van der Waals surface area contributed by atoms with E-state index in [2.05, 4.69) is 40.6 Å². The minimum absolute atomic E-state index is 0.110. The number of benzene rings is 1. The molecule has 1 aromatic carbocycles. The van der Waals surface area contributed by atoms with Gasteiger partial charge < -0.3 is 5.73 Å². The normalized spacial score (nSPS) is 26.6. The predicted octanol–water partition coefficient (Wildman–Crippen LogP) is 2.41. The summed E-state index contributed by atoms with van der Waals surface area (Å²) in [5.74, 6) is 0.662. The van der Waals surface area contributed by atoms with E-state index in [-0.39, 0.29) is 5.54 Å². The van der Waals surface area contributed by atoms with Crippen LogP contribution in [0.5, 0.6) is 0 Å². The number of hydrogen-bond acceptors (Lipinski definition) is 3. The maximum Gasteiger partial charge on any atom is 0.0845 e. The summed E-state index contributed by atoms with van der Waals surface area (Å²) in [5, 5.41) is 8.15. The average molecular weight is 270 g/mol. The van der Waals surface area contributed by atoms with Gasteiger partial charge in [-0.1, -0.05) is 35.5 Å². The van der Waals surface area contributed by atoms with Crippen LogP contribution in [0, 0.1) is 0 Å². The fourth-order valence-electron chi connectivity index (χ4n) is 3.27. The van der Waals surface area contributed by atoms with Crippen molar-refractivity contribution in [1.82, 2.24) is 15.0 Å². The third-order valence-corrected chi connectivity index (χ3v) is 4.44. The lowest BCUT2D eigenvalue weighted by molar-refractivity contribution is 0.269. The first-order chi connectivity index (χ1) is 9.65. The summed E-state index contributed by atoms with van der Waals surface area (Å²) < 4.78 is 1.74. The number of nitrogens with zero attached hydrogens (tertiary/aromatic N) is 3. The van der Waals surface area contributed by atoms with E-state index in [1.165, 1.54) is 18.4 Å². The highest BCUT2D eigenvalue weighted by molar-refractivity contribution is 5.21. The van der Waals surface area contributed by atoms with E-state index >= 15 is 0 Å². The fraction of sp³-hybridized carbons (Fsp3) is 0.500. The van der Waals surface area contributed by atoms with Crippen LogP contribution in [0.4, 0.5) is 0 Å². The van der Waals surface area contributed by atoms with E-state index in [9.17, 15) is 0 Å². The van der Waals surface area contributed by atoms with Crippen molar-refractivity contribution in [2.75, 3.05) is 0 Å². The topological polar surface area (TPSA) is 56.7 Å². The van der Waals surface area contributed by atoms with Crippen molar-refractivity contribution in [3.05, 3.63) is 47.8 Å². The number of aromatic nitrogens is 3. The molecule has 0 atom stereocenters. The molecule has 1 heterocycles. The highest BCUT2D eigenvalue weighted by atomic mass is 15.4. The highest BCUT2D eigenvalue weighted by Crippen LogP contribution is 2.37. The van der Waals surface area contributed by atoms with Crippen LogP contribution in [0.2, 0.25) is 0 Å². The molecule has 0 radical (unpaired) electrons. The summed E-state index contributed by atoms with van der Waals surface area (Å²) in [4.78, 5) is 0. The Hall–Kier alpha value is -1.68. The molecular weight excluding hydrogens is 248 g/mol. The zero-order valence-corrected chi connectivity index (χ0v) is 12.0. The van der Waals surface area contributed by atoms with Crippen molar-refractivity contribution in [1.29, 1.82) is 0 Å². The molecule has 0 aliphatic heterocycles. The standard InChI is InChI=1S/C16H22N4/c1-20-12-15(18-19-20)11-16(17)9-7-14(8-10-16)13-5-3-2-4-6-13/h2-6,12,14H,7-11,17H2,1H3. The van der Waals surface area contributed by atoms with E-state index in [1.807, 2.05) is 13.2 Å². The maximum absolute atomic E-state index is 6.56. The lowest BCUT2D eigenvalue weighted by Gasteiger charge is -2.37. The van der Waals surface area contributed by atoms with Crippen LogP contribution in [-0.2, 0) is 13.5 Å². The van der Waals surface area contributed by atoms with Crippen molar-refractivity contribution >= 4 is 0 Å². The predicted molar refractivity (Wildman–Crippen MR) is 79.3 cm³/mol. The summed E-state index contributed by atoms with van der Waals surface area (Å²) >= 11 is 0. The molecule has 2 aromatic rings. The van der Waals surface area contributed by atoms with E-state index in [0.29, 0.717) is 5.92 Å². The second-order valence-electron chi connectivity index (χ2n) is 6.11. The summed E-state index contributed by atoms with van der Waals surface area (Å²) in [5.41, 5.74) is 8.91. The monoisotopic (exact) mass is 270 g/mol. The molecule has 0 bridgehead atoms. The molecule has 4 nitrogen and oxygen atoms in total. The van der Waals surface area contributed by atoms with E-state index in [1.54, 1.807) is 4.68 Å². The van der Waals surface area contributed by atoms with Gasteiger partial charge in [-0.2, -0.15) is 0 Å². The molecule has 0 spiro atoms. The Bertz CT molecular complexity index is 553. The van der Waals surface area contributed by atoms with Gasteiger partial charge in [0.05, 0.1) is 5.69 Å². The van der Waals surface area contributed by atoms with Gasteiger partial charge in [-0.05, 0) is 37.2 Å². The Kier molecular flexibility index (Phi) is 3.57. The molecule has 20 heavy (non-hydrogen) atoms. The minimum Gasteiger partial charge on any atom is -0.325 e. The molecule has 4 heteroatoms. The second-order valence-corrected chi connectivity index (χ2v) is 6.11. The Morgan fingerprint density at radius 1 is 1.25 bits per heavy atom. The smallest absolute Gasteiger partial charge is 0.0845 e. The van der Waals surface area contributed by atoms with E-state index in [4.69, 9.17) is 5.73 Å². The molecular formula is C16H22N4. The molecule has 1 saturated carbocycles. The van der Waals surface area contributed by atoms with Crippen molar-refractivity contribution in [2.45, 2.75) is 43.6 Å². The van der Waals surface area contributed by atoms with Gasteiger partial charge in [-0.25, -0.2) is 0 Å². The first kappa shape index (κ1) is 13.3. The van der Waals surface area contributed by atoms with Gasteiger partial charge in [-0.15, -0.1) is 5.10 Å². The van der Waals surface area contributed by atoms with Gasteiger partial charge in [0.25, 0.3) is 0 Å². The van der Waals surface area contributed by atoms with Crippen LogP contribution in [0.15, 0.2) is 36.5 Å². The van der Waals surface area contributed by atoms with Gasteiger partial charge in [0.2, 0.25) is 0 Å². The van der Waals surface area contributed by atoms with Crippen molar-refractivity contribution in [2.24, 2.45) is 12.8 Å². The second kappa shape index (κ2) is 5.37. The van der Waals surface area contributed by atoms with Crippen LogP contribution in [-0.4, -0.2) is 20.5 Å². The molecule has 3 rings (SSSR count). The number of hydrogen-bond donors (Lipinski definition) is 1. The number of aryl methyl sites for hydroxylation is 1. The molecule has 1 aliphatic carbocycles. The summed E-state index contributed by atoms with van der Waals surface area (Å²) in [6.07, 6.45) is 7.26. The van der Waals surface area contributed by atoms with Crippen LogP contribution >= 0.6 is 0 Å². The SMILES string of the molecule is Cn1cc(CC2(N)CCC(c3ccccc3)CC2)nn1. The van der Waals surface area contributed by atoms with Crippen LogP contribution in [0.25, 0.3) is 0 Å². The highest BCUT2D eigenvalue weighted by Gasteiger charge is 2.33. The summed E-state index contributed by atoms with van der Waals surface area (Å²) in [6.45, 7) is 0. The molecule has 1 aromatic heterocycles. The van der Waals surface area contributed by atoms with E-state index < -0.39 is 0 Å². The Balaban J connectivity index is 1.62. The van der Waals surface area contributed by atoms with Gasteiger partial charge in [0.15, 0.2) is 0 Å². The largest absolute Gasteiger partial charge is 0.325 e. The third kappa shape index (κ3) is 2.90. The molecule has 0 unspecified atom stereocenters. The summed E-state index contributed by atoms with van der Waals surface area (Å²) in [7, 11) is 1.89. The molecule has 106 valence electrons. The zero-order valence-electron chi connectivity index (χ0n) is 12.0. The molecule has 1 aliphatic rings. The Morgan fingerprint density at radius 3 is 2.55 bits per heavy atom. The van der Waals surface area contributed by atoms with Gasteiger partial charge in [-0.3, -0.25) is 4.68 Å². The van der Waals surface area contributed by atoms with Gasteiger partial charge >= 0.3 is 0 Å². The first-order valence-electron chi connectivity index (χ1n) is 7.34. The van der Waals surface area contributed by atoms with Gasteiger partial charge in [0, 0.05) is 25.2 Å². The molecule has 0 saturated heterocycles. The zero-order chi connectivity index (χ0) is 14.0. The molecule has 1 fully saturated rings. The van der Waals surface area contributed by atoms with Crippen LogP contribution in [0.1, 0.15) is 42.9 Å². The maximum atomic E-state index is 6.56. The van der Waals surface area contributed by atoms with Crippen LogP contribution < -0.4 is 5.73 Å². The molecule has 2 N–H and O–H groups in total. The van der Waals surface area contributed by atoms with Crippen molar-refractivity contribution in [3.63, 3.8) is 0 Å². The Labute approximate surface area is 120 Å². The first-order valence-corrected chi connectivity index (χ1v) is 7.34. The number of rotatable bonds is 3. The third-order valence-electron chi connectivity index (χ3n) is 4.44. The van der Waals surface area contributed by atoms with Crippen LogP contribution in [0.3, 0.4) is 0 Å². The minimum atomic E-state index is -0.110. The number of nitrogens with two attached hydrogens (primary N) is 1. The molecule has 0 amide bonds. The summed E-state index contributed by atoms with van der Waals surface area (Å²) in [6, 6.07) is 10.8. The lowest BCUT2D eigenvalue weighted by atomic mass is 9.73. The van der Waals surface area contributed by atoms with Gasteiger partial charge in [0.1, 0.15) is 0 Å². The van der Waals surface area contributed by atoms with Crippen molar-refractivity contribution in [3.8, 4) is 0 Å². The van der Waals surface area contributed by atoms with Crippen molar-refractivity contribution < 1.29 is 0 Å². The average Bonchev–Trinajstić information content (AvgIpc) is 2.85. The lowest BCUT2D eigenvalue weighted by Crippen LogP contribution is -2.45. The quantitative estimate of drug-likeness (QED) is 0.931. The van der Waals surface area contributed by atoms with E-state index in [0.717, 1.165) is 25.0 Å².